The predicted molar refractivity (Wildman–Crippen MR) is 83.5 cm³/mol. The number of carbonyl (C=O) groups excluding carboxylic acids is 1. The molecular formula is C14H29N3OS. The lowest BCUT2D eigenvalue weighted by Gasteiger charge is -2.26. The lowest BCUT2D eigenvalue weighted by Crippen LogP contribution is -2.41. The first-order chi connectivity index (χ1) is 9.15. The standard InChI is InChI=1S/C14H29N3OS/c1-3-17(4-2)9-10-19-11-14(18)16-13-7-5-12(15)6-8-13/h12-13H,3-11,15H2,1-2H3,(H,16,18). The summed E-state index contributed by atoms with van der Waals surface area (Å²) in [6.07, 6.45) is 4.16. The van der Waals surface area contributed by atoms with Crippen molar-refractivity contribution in [2.75, 3.05) is 31.1 Å². The van der Waals surface area contributed by atoms with Crippen molar-refractivity contribution in [3.63, 3.8) is 0 Å². The number of amides is 1. The summed E-state index contributed by atoms with van der Waals surface area (Å²) in [6.45, 7) is 7.60. The number of hydrogen-bond acceptors (Lipinski definition) is 4. The molecule has 5 heteroatoms. The van der Waals surface area contributed by atoms with E-state index in [1.165, 1.54) is 0 Å². The molecule has 0 radical (unpaired) electrons. The number of nitrogens with zero attached hydrogens (tertiary/aromatic N) is 1. The summed E-state index contributed by atoms with van der Waals surface area (Å²) in [5.74, 6) is 1.80. The molecule has 1 fully saturated rings. The molecule has 0 bridgehead atoms. The zero-order valence-electron chi connectivity index (χ0n) is 12.4. The molecule has 112 valence electrons. The lowest BCUT2D eigenvalue weighted by atomic mass is 9.92. The van der Waals surface area contributed by atoms with E-state index in [9.17, 15) is 4.79 Å². The summed E-state index contributed by atoms with van der Waals surface area (Å²) in [5, 5.41) is 3.13. The normalized spacial score (nSPS) is 23.6. The molecule has 0 unspecified atom stereocenters. The number of thioether (sulfide) groups is 1. The Balaban J connectivity index is 2.05. The van der Waals surface area contributed by atoms with Crippen molar-refractivity contribution in [2.24, 2.45) is 5.73 Å². The molecule has 0 saturated heterocycles. The van der Waals surface area contributed by atoms with Crippen molar-refractivity contribution in [1.29, 1.82) is 0 Å². The summed E-state index contributed by atoms with van der Waals surface area (Å²) in [5.41, 5.74) is 5.86. The van der Waals surface area contributed by atoms with E-state index in [1.54, 1.807) is 11.8 Å². The maximum absolute atomic E-state index is 11.8. The highest BCUT2D eigenvalue weighted by molar-refractivity contribution is 7.99. The first-order valence-corrected chi connectivity index (χ1v) is 8.66. The number of hydrogen-bond donors (Lipinski definition) is 2. The van der Waals surface area contributed by atoms with E-state index in [2.05, 4.69) is 24.1 Å². The van der Waals surface area contributed by atoms with Gasteiger partial charge < -0.3 is 16.0 Å². The van der Waals surface area contributed by atoms with E-state index in [-0.39, 0.29) is 5.91 Å². The van der Waals surface area contributed by atoms with Crippen molar-refractivity contribution in [2.45, 2.75) is 51.6 Å². The predicted octanol–water partition coefficient (Wildman–Crippen LogP) is 1.45. The van der Waals surface area contributed by atoms with Crippen molar-refractivity contribution < 1.29 is 4.79 Å². The quantitative estimate of drug-likeness (QED) is 0.663. The third kappa shape index (κ3) is 7.18. The third-order valence-electron chi connectivity index (χ3n) is 3.82. The van der Waals surface area contributed by atoms with Crippen LogP contribution in [0.15, 0.2) is 0 Å². The number of rotatable bonds is 8. The van der Waals surface area contributed by atoms with Gasteiger partial charge in [0.05, 0.1) is 5.75 Å². The third-order valence-corrected chi connectivity index (χ3v) is 4.75. The van der Waals surface area contributed by atoms with Crippen molar-refractivity contribution in [3.05, 3.63) is 0 Å². The van der Waals surface area contributed by atoms with Gasteiger partial charge in [-0.25, -0.2) is 0 Å². The molecule has 1 amide bonds. The zero-order valence-corrected chi connectivity index (χ0v) is 13.2. The van der Waals surface area contributed by atoms with Crippen LogP contribution in [0.5, 0.6) is 0 Å². The highest BCUT2D eigenvalue weighted by atomic mass is 32.2. The first-order valence-electron chi connectivity index (χ1n) is 7.50. The topological polar surface area (TPSA) is 58.4 Å². The zero-order chi connectivity index (χ0) is 14.1. The highest BCUT2D eigenvalue weighted by Gasteiger charge is 2.19. The van der Waals surface area contributed by atoms with E-state index in [0.29, 0.717) is 17.8 Å². The smallest absolute Gasteiger partial charge is 0.230 e. The largest absolute Gasteiger partial charge is 0.353 e. The highest BCUT2D eigenvalue weighted by Crippen LogP contribution is 2.17. The van der Waals surface area contributed by atoms with Crippen LogP contribution in [0.1, 0.15) is 39.5 Å². The molecular weight excluding hydrogens is 258 g/mol. The Hall–Kier alpha value is -0.260. The molecule has 19 heavy (non-hydrogen) atoms. The summed E-state index contributed by atoms with van der Waals surface area (Å²) in [7, 11) is 0. The summed E-state index contributed by atoms with van der Waals surface area (Å²) < 4.78 is 0. The van der Waals surface area contributed by atoms with Gasteiger partial charge in [-0.2, -0.15) is 11.8 Å². The molecule has 1 aliphatic rings. The molecule has 0 aromatic heterocycles. The minimum atomic E-state index is 0.185. The van der Waals surface area contributed by atoms with Gasteiger partial charge in [-0.1, -0.05) is 13.8 Å². The fourth-order valence-corrected chi connectivity index (χ4v) is 3.23. The maximum atomic E-state index is 11.8. The fourth-order valence-electron chi connectivity index (χ4n) is 2.43. The molecule has 3 N–H and O–H groups in total. The Labute approximate surface area is 121 Å². The Morgan fingerprint density at radius 2 is 1.89 bits per heavy atom. The van der Waals surface area contributed by atoms with E-state index < -0.39 is 0 Å². The van der Waals surface area contributed by atoms with Gasteiger partial charge in [0.15, 0.2) is 0 Å². The van der Waals surface area contributed by atoms with Crippen LogP contribution in [0.25, 0.3) is 0 Å². The van der Waals surface area contributed by atoms with Crippen LogP contribution in [0.3, 0.4) is 0 Å². The minimum Gasteiger partial charge on any atom is -0.353 e. The number of nitrogens with two attached hydrogens (primary N) is 1. The Bertz CT molecular complexity index is 251. The number of carbonyl (C=O) groups is 1. The number of nitrogens with one attached hydrogen (secondary N) is 1. The monoisotopic (exact) mass is 287 g/mol. The fraction of sp³-hybridized carbons (Fsp3) is 0.929. The molecule has 0 atom stereocenters. The van der Waals surface area contributed by atoms with Gasteiger partial charge in [-0.3, -0.25) is 4.79 Å². The van der Waals surface area contributed by atoms with Gasteiger partial charge in [-0.05, 0) is 38.8 Å². The average Bonchev–Trinajstić information content (AvgIpc) is 2.42. The SMILES string of the molecule is CCN(CC)CCSCC(=O)NC1CCC(N)CC1. The van der Waals surface area contributed by atoms with Crippen LogP contribution in [0, 0.1) is 0 Å². The Morgan fingerprint density at radius 3 is 2.47 bits per heavy atom. The van der Waals surface area contributed by atoms with Gasteiger partial charge in [0.25, 0.3) is 0 Å². The van der Waals surface area contributed by atoms with Crippen LogP contribution in [-0.2, 0) is 4.79 Å². The summed E-state index contributed by atoms with van der Waals surface area (Å²) in [4.78, 5) is 14.2. The van der Waals surface area contributed by atoms with E-state index >= 15 is 0 Å². The minimum absolute atomic E-state index is 0.185. The molecule has 0 spiro atoms. The van der Waals surface area contributed by atoms with Crippen molar-refractivity contribution >= 4 is 17.7 Å². The Morgan fingerprint density at radius 1 is 1.26 bits per heavy atom. The van der Waals surface area contributed by atoms with Crippen molar-refractivity contribution in [1.82, 2.24) is 10.2 Å². The second-order valence-corrected chi connectivity index (χ2v) is 6.36. The average molecular weight is 287 g/mol. The molecule has 0 aromatic rings. The second kappa shape index (κ2) is 9.61. The van der Waals surface area contributed by atoms with E-state index in [1.807, 2.05) is 0 Å². The van der Waals surface area contributed by atoms with E-state index in [0.717, 1.165) is 51.1 Å². The second-order valence-electron chi connectivity index (χ2n) is 5.26. The molecule has 1 rings (SSSR count). The van der Waals surface area contributed by atoms with E-state index in [4.69, 9.17) is 5.73 Å². The Kier molecular flexibility index (Phi) is 8.50. The summed E-state index contributed by atoms with van der Waals surface area (Å²) >= 11 is 1.73. The van der Waals surface area contributed by atoms with Crippen LogP contribution >= 0.6 is 11.8 Å². The van der Waals surface area contributed by atoms with Gasteiger partial charge >= 0.3 is 0 Å². The molecule has 0 heterocycles. The van der Waals surface area contributed by atoms with Crippen LogP contribution in [0.2, 0.25) is 0 Å². The van der Waals surface area contributed by atoms with Gasteiger partial charge in [0, 0.05) is 24.4 Å². The molecule has 4 nitrogen and oxygen atoms in total. The molecule has 0 aromatic carbocycles. The molecule has 1 saturated carbocycles. The van der Waals surface area contributed by atoms with Gasteiger partial charge in [-0.15, -0.1) is 0 Å². The first kappa shape index (κ1) is 16.8. The lowest BCUT2D eigenvalue weighted by molar-refractivity contribution is -0.119. The molecule has 1 aliphatic carbocycles. The van der Waals surface area contributed by atoms with Crippen molar-refractivity contribution in [3.8, 4) is 0 Å². The van der Waals surface area contributed by atoms with Crippen LogP contribution in [-0.4, -0.2) is 54.0 Å². The van der Waals surface area contributed by atoms with Gasteiger partial charge in [0.1, 0.15) is 0 Å². The van der Waals surface area contributed by atoms with Gasteiger partial charge in [0.2, 0.25) is 5.91 Å². The molecule has 0 aliphatic heterocycles. The summed E-state index contributed by atoms with van der Waals surface area (Å²) in [6, 6.07) is 0.701. The maximum Gasteiger partial charge on any atom is 0.230 e. The van der Waals surface area contributed by atoms with Crippen LogP contribution < -0.4 is 11.1 Å². The van der Waals surface area contributed by atoms with Crippen LogP contribution in [0.4, 0.5) is 0 Å².